The average molecular weight is 391 g/mol. The third-order valence-electron chi connectivity index (χ3n) is 3.85. The van der Waals surface area contributed by atoms with Crippen LogP contribution in [0, 0.1) is 6.92 Å². The molecule has 2 aromatic carbocycles. The molecule has 0 aromatic heterocycles. The lowest BCUT2D eigenvalue weighted by atomic mass is 10.1. The molecule has 8 heteroatoms. The van der Waals surface area contributed by atoms with Gasteiger partial charge < -0.3 is 14.8 Å². The van der Waals surface area contributed by atoms with Crippen LogP contribution >= 0.6 is 0 Å². The van der Waals surface area contributed by atoms with E-state index in [0.29, 0.717) is 17.0 Å². The van der Waals surface area contributed by atoms with Crippen LogP contribution in [-0.2, 0) is 19.4 Å². The SMILES string of the molecule is COc1cccc(NC(=O)[C@H](C)OC(=O)c2cc(S(C)(=O)=O)ccc2C)c1. The molecule has 0 aliphatic rings. The molecule has 0 aliphatic heterocycles. The number of ether oxygens (including phenoxy) is 2. The minimum Gasteiger partial charge on any atom is -0.497 e. The van der Waals surface area contributed by atoms with Gasteiger partial charge >= 0.3 is 5.97 Å². The van der Waals surface area contributed by atoms with Gasteiger partial charge in [0, 0.05) is 18.0 Å². The van der Waals surface area contributed by atoms with Crippen molar-refractivity contribution in [1.82, 2.24) is 0 Å². The summed E-state index contributed by atoms with van der Waals surface area (Å²) in [6.07, 6.45) is -0.0261. The van der Waals surface area contributed by atoms with Crippen molar-refractivity contribution in [3.8, 4) is 5.75 Å². The van der Waals surface area contributed by atoms with Gasteiger partial charge in [0.15, 0.2) is 15.9 Å². The molecular formula is C19H21NO6S. The molecule has 1 N–H and O–H groups in total. The first-order valence-corrected chi connectivity index (χ1v) is 9.97. The Labute approximate surface area is 158 Å². The molecule has 0 fully saturated rings. The quantitative estimate of drug-likeness (QED) is 0.760. The predicted octanol–water partition coefficient (Wildman–Crippen LogP) is 2.59. The number of carbonyl (C=O) groups excluding carboxylic acids is 2. The van der Waals surface area contributed by atoms with Gasteiger partial charge in [-0.05, 0) is 43.7 Å². The molecule has 1 atom stereocenters. The molecule has 0 saturated heterocycles. The molecule has 0 bridgehead atoms. The molecule has 144 valence electrons. The van der Waals surface area contributed by atoms with Crippen LogP contribution in [0.25, 0.3) is 0 Å². The van der Waals surface area contributed by atoms with E-state index in [2.05, 4.69) is 5.32 Å². The van der Waals surface area contributed by atoms with Crippen LogP contribution in [0.15, 0.2) is 47.4 Å². The summed E-state index contributed by atoms with van der Waals surface area (Å²) in [6.45, 7) is 3.09. The number of hydrogen-bond donors (Lipinski definition) is 1. The van der Waals surface area contributed by atoms with Gasteiger partial charge in [0.2, 0.25) is 0 Å². The lowest BCUT2D eigenvalue weighted by molar-refractivity contribution is -0.123. The van der Waals surface area contributed by atoms with Gasteiger partial charge in [0.05, 0.1) is 17.6 Å². The summed E-state index contributed by atoms with van der Waals surface area (Å²) >= 11 is 0. The number of methoxy groups -OCH3 is 1. The summed E-state index contributed by atoms with van der Waals surface area (Å²) in [5, 5.41) is 2.63. The molecule has 0 saturated carbocycles. The van der Waals surface area contributed by atoms with Gasteiger partial charge in [0.25, 0.3) is 5.91 Å². The van der Waals surface area contributed by atoms with Gasteiger partial charge in [-0.25, -0.2) is 13.2 Å². The molecule has 27 heavy (non-hydrogen) atoms. The Morgan fingerprint density at radius 3 is 2.44 bits per heavy atom. The van der Waals surface area contributed by atoms with E-state index in [1.807, 2.05) is 0 Å². The van der Waals surface area contributed by atoms with Crippen LogP contribution in [0.1, 0.15) is 22.8 Å². The summed E-state index contributed by atoms with van der Waals surface area (Å²) in [5.74, 6) is -0.717. The van der Waals surface area contributed by atoms with Crippen molar-refractivity contribution in [3.05, 3.63) is 53.6 Å². The molecule has 0 unspecified atom stereocenters. The van der Waals surface area contributed by atoms with Gasteiger partial charge in [-0.15, -0.1) is 0 Å². The second kappa shape index (κ2) is 8.22. The van der Waals surface area contributed by atoms with Gasteiger partial charge in [-0.1, -0.05) is 12.1 Å². The number of carbonyl (C=O) groups is 2. The fourth-order valence-corrected chi connectivity index (χ4v) is 2.92. The number of amides is 1. The van der Waals surface area contributed by atoms with Crippen LogP contribution in [0.2, 0.25) is 0 Å². The number of aryl methyl sites for hydroxylation is 1. The Hall–Kier alpha value is -2.87. The second-order valence-corrected chi connectivity index (χ2v) is 8.03. The fourth-order valence-electron chi connectivity index (χ4n) is 2.27. The summed E-state index contributed by atoms with van der Waals surface area (Å²) in [5.41, 5.74) is 1.14. The van der Waals surface area contributed by atoms with E-state index < -0.39 is 27.8 Å². The third kappa shape index (κ3) is 5.30. The van der Waals surface area contributed by atoms with Gasteiger partial charge in [-0.3, -0.25) is 4.79 Å². The molecule has 1 amide bonds. The van der Waals surface area contributed by atoms with E-state index in [0.717, 1.165) is 6.26 Å². The maximum Gasteiger partial charge on any atom is 0.339 e. The minimum atomic E-state index is -3.47. The number of rotatable bonds is 6. The molecule has 7 nitrogen and oxygen atoms in total. The van der Waals surface area contributed by atoms with Crippen LogP contribution in [0.4, 0.5) is 5.69 Å². The highest BCUT2D eigenvalue weighted by atomic mass is 32.2. The Balaban J connectivity index is 2.11. The maximum atomic E-state index is 12.4. The predicted molar refractivity (Wildman–Crippen MR) is 101 cm³/mol. The largest absolute Gasteiger partial charge is 0.497 e. The molecular weight excluding hydrogens is 370 g/mol. The molecule has 0 heterocycles. The normalized spacial score (nSPS) is 12.1. The van der Waals surface area contributed by atoms with Crippen molar-refractivity contribution >= 4 is 27.4 Å². The summed E-state index contributed by atoms with van der Waals surface area (Å²) in [6, 6.07) is 10.9. The summed E-state index contributed by atoms with van der Waals surface area (Å²) in [4.78, 5) is 24.7. The zero-order chi connectivity index (χ0) is 20.2. The van der Waals surface area contributed by atoms with Gasteiger partial charge in [-0.2, -0.15) is 0 Å². The second-order valence-electron chi connectivity index (χ2n) is 6.02. The van der Waals surface area contributed by atoms with E-state index in [1.54, 1.807) is 31.2 Å². The first-order chi connectivity index (χ1) is 12.6. The highest BCUT2D eigenvalue weighted by molar-refractivity contribution is 7.90. The number of sulfone groups is 1. The van der Waals surface area contributed by atoms with Crippen molar-refractivity contribution < 1.29 is 27.5 Å². The molecule has 2 rings (SSSR count). The molecule has 2 aromatic rings. The topological polar surface area (TPSA) is 98.8 Å². The van der Waals surface area contributed by atoms with E-state index in [1.165, 1.54) is 32.2 Å². The van der Waals surface area contributed by atoms with Crippen LogP contribution in [0.5, 0.6) is 5.75 Å². The van der Waals surface area contributed by atoms with Crippen LogP contribution in [-0.4, -0.2) is 39.8 Å². The Bertz CT molecular complexity index is 968. The number of hydrogen-bond acceptors (Lipinski definition) is 6. The van der Waals surface area contributed by atoms with E-state index >= 15 is 0 Å². The zero-order valence-corrected chi connectivity index (χ0v) is 16.3. The zero-order valence-electron chi connectivity index (χ0n) is 15.5. The smallest absolute Gasteiger partial charge is 0.339 e. The first-order valence-electron chi connectivity index (χ1n) is 8.08. The minimum absolute atomic E-state index is 0.00790. The summed E-state index contributed by atoms with van der Waals surface area (Å²) < 4.78 is 33.6. The molecule has 0 spiro atoms. The monoisotopic (exact) mass is 391 g/mol. The lowest BCUT2D eigenvalue weighted by Gasteiger charge is -2.15. The third-order valence-corrected chi connectivity index (χ3v) is 4.96. The summed E-state index contributed by atoms with van der Waals surface area (Å²) in [7, 11) is -1.95. The van der Waals surface area contributed by atoms with Crippen molar-refractivity contribution in [2.24, 2.45) is 0 Å². The van der Waals surface area contributed by atoms with Crippen molar-refractivity contribution in [1.29, 1.82) is 0 Å². The average Bonchev–Trinajstić information content (AvgIpc) is 2.61. The maximum absolute atomic E-state index is 12.4. The molecule has 0 radical (unpaired) electrons. The lowest BCUT2D eigenvalue weighted by Crippen LogP contribution is -2.30. The number of anilines is 1. The first kappa shape index (κ1) is 20.4. The number of esters is 1. The van der Waals surface area contributed by atoms with Crippen molar-refractivity contribution in [3.63, 3.8) is 0 Å². The fraction of sp³-hybridized carbons (Fsp3) is 0.263. The van der Waals surface area contributed by atoms with Gasteiger partial charge in [0.1, 0.15) is 5.75 Å². The highest BCUT2D eigenvalue weighted by Crippen LogP contribution is 2.19. The number of benzene rings is 2. The van der Waals surface area contributed by atoms with E-state index in [-0.39, 0.29) is 10.5 Å². The van der Waals surface area contributed by atoms with Crippen LogP contribution < -0.4 is 10.1 Å². The van der Waals surface area contributed by atoms with Crippen molar-refractivity contribution in [2.75, 3.05) is 18.7 Å². The van der Waals surface area contributed by atoms with E-state index in [9.17, 15) is 18.0 Å². The Morgan fingerprint density at radius 1 is 1.11 bits per heavy atom. The highest BCUT2D eigenvalue weighted by Gasteiger charge is 2.21. The Morgan fingerprint density at radius 2 is 1.81 bits per heavy atom. The Kier molecular flexibility index (Phi) is 6.22. The number of nitrogens with one attached hydrogen (secondary N) is 1. The molecule has 0 aliphatic carbocycles. The standard InChI is InChI=1S/C19H21NO6S/c1-12-8-9-16(27(4,23)24)11-17(12)19(22)26-13(2)18(21)20-14-6-5-7-15(10-14)25-3/h5-11,13H,1-4H3,(H,20,21)/t13-/m0/s1. The van der Waals surface area contributed by atoms with Crippen molar-refractivity contribution in [2.45, 2.75) is 24.8 Å². The van der Waals surface area contributed by atoms with E-state index in [4.69, 9.17) is 9.47 Å². The van der Waals surface area contributed by atoms with Crippen LogP contribution in [0.3, 0.4) is 0 Å².